The number of nitrogens with zero attached hydrogens (tertiary/aromatic N) is 4. The molecule has 1 aromatic rings. The van der Waals surface area contributed by atoms with Crippen LogP contribution < -0.4 is 4.90 Å². The minimum Gasteiger partial charge on any atom is -0.379 e. The topological polar surface area (TPSA) is 48.9 Å². The van der Waals surface area contributed by atoms with E-state index in [0.717, 1.165) is 31.9 Å². The predicted molar refractivity (Wildman–Crippen MR) is 85.0 cm³/mol. The molecule has 2 aliphatic rings. The number of anilines is 1. The lowest BCUT2D eigenvalue weighted by Crippen LogP contribution is -2.46. The molecular weight excluding hydrogens is 280 g/mol. The normalized spacial score (nSPS) is 25.4. The molecule has 1 spiro atoms. The number of carbonyl (C=O) groups excluding carboxylic acids is 1. The summed E-state index contributed by atoms with van der Waals surface area (Å²) in [6.07, 6.45) is 2.85. The Kier molecular flexibility index (Phi) is 4.20. The maximum Gasteiger partial charge on any atom is 0.319 e. The fraction of sp³-hybridized carbons (Fsp3) is 0.625. The largest absolute Gasteiger partial charge is 0.379 e. The van der Waals surface area contributed by atoms with Crippen molar-refractivity contribution < 1.29 is 9.53 Å². The second kappa shape index (κ2) is 6.12. The van der Waals surface area contributed by atoms with Crippen LogP contribution in [-0.2, 0) is 4.74 Å². The van der Waals surface area contributed by atoms with Crippen LogP contribution in [0, 0.1) is 5.41 Å². The van der Waals surface area contributed by atoms with Crippen LogP contribution >= 0.6 is 0 Å². The van der Waals surface area contributed by atoms with Crippen LogP contribution in [0.1, 0.15) is 6.42 Å². The Morgan fingerprint density at radius 3 is 2.91 bits per heavy atom. The second-order valence-corrected chi connectivity index (χ2v) is 6.51. The molecule has 0 aliphatic carbocycles. The summed E-state index contributed by atoms with van der Waals surface area (Å²) in [6, 6.07) is 6.06. The Morgan fingerprint density at radius 1 is 1.32 bits per heavy atom. The SMILES string of the molecule is CN(C)C(=O)N1CCOC[C@@]2(CCN(c3ccccn3)C2)C1. The molecule has 0 aromatic carbocycles. The zero-order valence-electron chi connectivity index (χ0n) is 13.4. The molecule has 0 radical (unpaired) electrons. The van der Waals surface area contributed by atoms with Gasteiger partial charge in [-0.15, -0.1) is 0 Å². The van der Waals surface area contributed by atoms with Crippen LogP contribution in [0.25, 0.3) is 0 Å². The van der Waals surface area contributed by atoms with Crippen molar-refractivity contribution in [3.8, 4) is 0 Å². The van der Waals surface area contributed by atoms with E-state index < -0.39 is 0 Å². The van der Waals surface area contributed by atoms with E-state index in [0.29, 0.717) is 19.8 Å². The average Bonchev–Trinajstić information content (AvgIpc) is 2.82. The molecule has 6 nitrogen and oxygen atoms in total. The molecular formula is C16H24N4O2. The van der Waals surface area contributed by atoms with Crippen molar-refractivity contribution >= 4 is 11.8 Å². The van der Waals surface area contributed by atoms with Gasteiger partial charge >= 0.3 is 6.03 Å². The molecule has 2 fully saturated rings. The van der Waals surface area contributed by atoms with Crippen molar-refractivity contribution in [3.63, 3.8) is 0 Å². The van der Waals surface area contributed by atoms with Gasteiger partial charge in [-0.1, -0.05) is 6.07 Å². The third-order valence-electron chi connectivity index (χ3n) is 4.50. The first-order chi connectivity index (χ1) is 10.6. The highest BCUT2D eigenvalue weighted by molar-refractivity contribution is 5.74. The first-order valence-electron chi connectivity index (χ1n) is 7.80. The van der Waals surface area contributed by atoms with E-state index in [-0.39, 0.29) is 11.4 Å². The zero-order chi connectivity index (χ0) is 15.6. The first-order valence-corrected chi connectivity index (χ1v) is 7.80. The summed E-state index contributed by atoms with van der Waals surface area (Å²) in [5.74, 6) is 1.01. The van der Waals surface area contributed by atoms with Gasteiger partial charge in [0, 0.05) is 51.9 Å². The maximum absolute atomic E-state index is 12.3. The summed E-state index contributed by atoms with van der Waals surface area (Å²) in [5.41, 5.74) is 0.0136. The van der Waals surface area contributed by atoms with Gasteiger partial charge in [-0.3, -0.25) is 0 Å². The molecule has 2 saturated heterocycles. The highest BCUT2D eigenvalue weighted by atomic mass is 16.5. The lowest BCUT2D eigenvalue weighted by molar-refractivity contribution is 0.0801. The summed E-state index contributed by atoms with van der Waals surface area (Å²) in [5, 5.41) is 0. The fourth-order valence-corrected chi connectivity index (χ4v) is 3.36. The Bertz CT molecular complexity index is 522. The zero-order valence-corrected chi connectivity index (χ0v) is 13.4. The van der Waals surface area contributed by atoms with E-state index in [4.69, 9.17) is 4.74 Å². The quantitative estimate of drug-likeness (QED) is 0.784. The number of carbonyl (C=O) groups is 1. The van der Waals surface area contributed by atoms with Crippen molar-refractivity contribution in [1.82, 2.24) is 14.8 Å². The summed E-state index contributed by atoms with van der Waals surface area (Å²) in [7, 11) is 3.60. The van der Waals surface area contributed by atoms with Gasteiger partial charge in [-0.05, 0) is 18.6 Å². The molecule has 0 bridgehead atoms. The van der Waals surface area contributed by atoms with Crippen LogP contribution in [0.3, 0.4) is 0 Å². The average molecular weight is 304 g/mol. The van der Waals surface area contributed by atoms with Crippen LogP contribution in [0.15, 0.2) is 24.4 Å². The van der Waals surface area contributed by atoms with Crippen molar-refractivity contribution in [1.29, 1.82) is 0 Å². The number of rotatable bonds is 1. The van der Waals surface area contributed by atoms with Crippen LogP contribution in [0.5, 0.6) is 0 Å². The Labute approximate surface area is 131 Å². The standard InChI is InChI=1S/C16H24N4O2/c1-18(2)15(21)20-9-10-22-13-16(12-20)6-8-19(11-16)14-5-3-4-7-17-14/h3-5,7H,6,8-13H2,1-2H3/t16-/m1/s1. The third kappa shape index (κ3) is 3.02. The van der Waals surface area contributed by atoms with E-state index in [2.05, 4.69) is 9.88 Å². The number of pyridine rings is 1. The maximum atomic E-state index is 12.3. The summed E-state index contributed by atoms with van der Waals surface area (Å²) in [4.78, 5) is 22.6. The Hall–Kier alpha value is -1.82. The van der Waals surface area contributed by atoms with E-state index in [1.807, 2.05) is 29.3 Å². The molecule has 1 atom stereocenters. The minimum absolute atomic E-state index is 0.0136. The van der Waals surface area contributed by atoms with Gasteiger partial charge in [-0.25, -0.2) is 9.78 Å². The number of aromatic nitrogens is 1. The Balaban J connectivity index is 1.74. The van der Waals surface area contributed by atoms with Gasteiger partial charge in [-0.2, -0.15) is 0 Å². The Morgan fingerprint density at radius 2 is 2.18 bits per heavy atom. The van der Waals surface area contributed by atoms with Gasteiger partial charge in [0.25, 0.3) is 0 Å². The van der Waals surface area contributed by atoms with E-state index in [1.54, 1.807) is 19.0 Å². The van der Waals surface area contributed by atoms with E-state index in [1.165, 1.54) is 0 Å². The molecule has 3 heterocycles. The van der Waals surface area contributed by atoms with E-state index in [9.17, 15) is 4.79 Å². The van der Waals surface area contributed by atoms with Gasteiger partial charge in [0.1, 0.15) is 5.82 Å². The van der Waals surface area contributed by atoms with Crippen molar-refractivity contribution in [2.45, 2.75) is 6.42 Å². The second-order valence-electron chi connectivity index (χ2n) is 6.51. The molecule has 6 heteroatoms. The first kappa shape index (κ1) is 15.1. The van der Waals surface area contributed by atoms with Crippen LogP contribution in [0.2, 0.25) is 0 Å². The lowest BCUT2D eigenvalue weighted by Gasteiger charge is -2.33. The molecule has 0 saturated carbocycles. The number of hydrogen-bond donors (Lipinski definition) is 0. The number of amides is 2. The number of ether oxygens (including phenoxy) is 1. The smallest absolute Gasteiger partial charge is 0.319 e. The molecule has 0 unspecified atom stereocenters. The molecule has 0 N–H and O–H groups in total. The summed E-state index contributed by atoms with van der Waals surface area (Å²) < 4.78 is 5.82. The van der Waals surface area contributed by atoms with Crippen molar-refractivity contribution in [2.24, 2.45) is 5.41 Å². The minimum atomic E-state index is 0.0136. The monoisotopic (exact) mass is 304 g/mol. The molecule has 22 heavy (non-hydrogen) atoms. The van der Waals surface area contributed by atoms with Gasteiger partial charge in [0.15, 0.2) is 0 Å². The van der Waals surface area contributed by atoms with Crippen molar-refractivity contribution in [3.05, 3.63) is 24.4 Å². The molecule has 2 amide bonds. The van der Waals surface area contributed by atoms with Gasteiger partial charge < -0.3 is 19.4 Å². The van der Waals surface area contributed by atoms with Crippen molar-refractivity contribution in [2.75, 3.05) is 58.4 Å². The third-order valence-corrected chi connectivity index (χ3v) is 4.50. The molecule has 120 valence electrons. The fourth-order valence-electron chi connectivity index (χ4n) is 3.36. The lowest BCUT2D eigenvalue weighted by atomic mass is 9.87. The number of urea groups is 1. The summed E-state index contributed by atoms with van der Waals surface area (Å²) in [6.45, 7) is 4.61. The highest BCUT2D eigenvalue weighted by Gasteiger charge is 2.42. The van der Waals surface area contributed by atoms with Gasteiger partial charge in [0.05, 0.1) is 13.2 Å². The molecule has 3 rings (SSSR count). The molecule has 1 aromatic heterocycles. The molecule has 2 aliphatic heterocycles. The number of hydrogen-bond acceptors (Lipinski definition) is 4. The van der Waals surface area contributed by atoms with E-state index >= 15 is 0 Å². The van der Waals surface area contributed by atoms with Crippen LogP contribution in [0.4, 0.5) is 10.6 Å². The predicted octanol–water partition coefficient (Wildman–Crippen LogP) is 1.29. The van der Waals surface area contributed by atoms with Gasteiger partial charge in [0.2, 0.25) is 0 Å². The highest BCUT2D eigenvalue weighted by Crippen LogP contribution is 2.35. The van der Waals surface area contributed by atoms with Crippen LogP contribution in [-0.4, -0.2) is 74.3 Å². The summed E-state index contributed by atoms with van der Waals surface area (Å²) >= 11 is 0.